The molecule has 0 unspecified atom stereocenters. The van der Waals surface area contributed by atoms with E-state index in [0.29, 0.717) is 36.1 Å². The summed E-state index contributed by atoms with van der Waals surface area (Å²) >= 11 is 6.48. The Labute approximate surface area is 194 Å². The number of nitrogens with zero attached hydrogens (tertiary/aromatic N) is 3. The van der Waals surface area contributed by atoms with Gasteiger partial charge >= 0.3 is 6.09 Å². The van der Waals surface area contributed by atoms with Crippen molar-refractivity contribution < 1.29 is 15.8 Å². The SMILES string of the molecule is C#CC(C)(C)NC(=O)c1cnc(N2CCC(N3C(=O)OCc4ccccc43)CC2)c(Cl)c1.[HH]. The van der Waals surface area contributed by atoms with E-state index in [0.717, 1.165) is 24.1 Å². The van der Waals surface area contributed by atoms with Crippen molar-refractivity contribution in [2.75, 3.05) is 22.9 Å². The number of pyridine rings is 1. The Morgan fingerprint density at radius 1 is 1.34 bits per heavy atom. The van der Waals surface area contributed by atoms with Crippen molar-refractivity contribution in [3.8, 4) is 12.3 Å². The smallest absolute Gasteiger partial charge is 0.414 e. The molecule has 1 saturated heterocycles. The van der Waals surface area contributed by atoms with Crippen LogP contribution in [0.4, 0.5) is 16.3 Å². The van der Waals surface area contributed by atoms with E-state index in [1.807, 2.05) is 24.3 Å². The number of carbonyl (C=O) groups excluding carboxylic acids is 2. The van der Waals surface area contributed by atoms with E-state index >= 15 is 0 Å². The molecule has 8 heteroatoms. The zero-order valence-corrected chi connectivity index (χ0v) is 18.9. The van der Waals surface area contributed by atoms with Gasteiger partial charge in [-0.25, -0.2) is 9.78 Å². The lowest BCUT2D eigenvalue weighted by atomic mass is 10.0. The number of carbonyl (C=O) groups is 2. The van der Waals surface area contributed by atoms with Gasteiger partial charge in [-0.2, -0.15) is 0 Å². The highest BCUT2D eigenvalue weighted by atomic mass is 35.5. The van der Waals surface area contributed by atoms with Gasteiger partial charge in [-0.1, -0.05) is 35.7 Å². The van der Waals surface area contributed by atoms with Crippen molar-refractivity contribution in [3.63, 3.8) is 0 Å². The van der Waals surface area contributed by atoms with Gasteiger partial charge in [0, 0.05) is 32.3 Å². The zero-order chi connectivity index (χ0) is 22.9. The summed E-state index contributed by atoms with van der Waals surface area (Å²) in [5.41, 5.74) is 1.52. The van der Waals surface area contributed by atoms with Gasteiger partial charge in [0.05, 0.1) is 21.8 Å². The summed E-state index contributed by atoms with van der Waals surface area (Å²) in [6.07, 6.45) is 8.14. The van der Waals surface area contributed by atoms with Crippen molar-refractivity contribution in [2.45, 2.75) is 44.9 Å². The van der Waals surface area contributed by atoms with E-state index in [1.54, 1.807) is 24.8 Å². The molecule has 0 radical (unpaired) electrons. The number of terminal acetylenes is 1. The number of hydrogen-bond donors (Lipinski definition) is 1. The van der Waals surface area contributed by atoms with Crippen LogP contribution in [0.25, 0.3) is 0 Å². The molecule has 168 valence electrons. The fourth-order valence-corrected chi connectivity index (χ4v) is 4.32. The van der Waals surface area contributed by atoms with Gasteiger partial charge in [0.1, 0.15) is 12.4 Å². The van der Waals surface area contributed by atoms with Crippen LogP contribution in [0.1, 0.15) is 44.0 Å². The second kappa shape index (κ2) is 8.71. The van der Waals surface area contributed by atoms with Crippen molar-refractivity contribution in [3.05, 3.63) is 52.7 Å². The van der Waals surface area contributed by atoms with Crippen LogP contribution in [0.2, 0.25) is 5.02 Å². The number of nitrogens with one attached hydrogen (secondary N) is 1. The van der Waals surface area contributed by atoms with E-state index in [2.05, 4.69) is 21.1 Å². The molecule has 0 saturated carbocycles. The molecule has 1 fully saturated rings. The summed E-state index contributed by atoms with van der Waals surface area (Å²) < 4.78 is 5.37. The van der Waals surface area contributed by atoms with Crippen LogP contribution >= 0.6 is 11.6 Å². The van der Waals surface area contributed by atoms with Crippen molar-refractivity contribution in [1.82, 2.24) is 10.3 Å². The van der Waals surface area contributed by atoms with E-state index in [4.69, 9.17) is 22.8 Å². The molecule has 32 heavy (non-hydrogen) atoms. The topological polar surface area (TPSA) is 74.8 Å². The maximum absolute atomic E-state index is 12.5. The largest absolute Gasteiger partial charge is 0.444 e. The number of benzene rings is 1. The monoisotopic (exact) mass is 454 g/mol. The third-order valence-electron chi connectivity index (χ3n) is 5.80. The highest BCUT2D eigenvalue weighted by molar-refractivity contribution is 6.33. The van der Waals surface area contributed by atoms with Crippen molar-refractivity contribution in [1.29, 1.82) is 0 Å². The van der Waals surface area contributed by atoms with Gasteiger partial charge in [0.25, 0.3) is 5.91 Å². The Hall–Kier alpha value is -3.24. The first-order chi connectivity index (χ1) is 15.3. The third-order valence-corrected chi connectivity index (χ3v) is 6.08. The second-order valence-corrected chi connectivity index (χ2v) is 8.93. The fourth-order valence-electron chi connectivity index (χ4n) is 4.04. The molecule has 2 amide bonds. The van der Waals surface area contributed by atoms with Gasteiger partial charge in [0.15, 0.2) is 0 Å². The number of amides is 2. The van der Waals surface area contributed by atoms with Crippen LogP contribution < -0.4 is 15.1 Å². The standard InChI is InChI=1S/C24H25ClN4O3.H2/c1-4-24(2,3)27-22(30)17-13-19(25)21(26-14-17)28-11-9-18(10-12-28)29-20-8-6-5-7-16(20)15-32-23(29)31;/h1,5-8,13-14,18H,9-12,15H2,2-3H3,(H,27,30);1H. The molecular weight excluding hydrogens is 428 g/mol. The number of piperidine rings is 1. The lowest BCUT2D eigenvalue weighted by molar-refractivity contribution is 0.0929. The Morgan fingerprint density at radius 2 is 2.06 bits per heavy atom. The molecule has 3 heterocycles. The molecule has 2 aromatic rings. The van der Waals surface area contributed by atoms with Gasteiger partial charge in [-0.05, 0) is 38.8 Å². The number of anilines is 2. The van der Waals surface area contributed by atoms with Crippen LogP contribution in [0.5, 0.6) is 0 Å². The first kappa shape index (κ1) is 22.0. The molecule has 0 bridgehead atoms. The minimum atomic E-state index is -0.766. The van der Waals surface area contributed by atoms with Crippen LogP contribution in [0.3, 0.4) is 0 Å². The number of hydrogen-bond acceptors (Lipinski definition) is 5. The molecule has 4 rings (SSSR count). The summed E-state index contributed by atoms with van der Waals surface area (Å²) in [6.45, 7) is 5.16. The maximum atomic E-state index is 12.5. The molecule has 1 aromatic carbocycles. The number of ether oxygens (including phenoxy) is 1. The first-order valence-electron chi connectivity index (χ1n) is 10.5. The van der Waals surface area contributed by atoms with E-state index in [1.165, 1.54) is 6.20 Å². The normalized spacial score (nSPS) is 16.8. The lowest BCUT2D eigenvalue weighted by Gasteiger charge is -2.40. The highest BCUT2D eigenvalue weighted by Crippen LogP contribution is 2.33. The van der Waals surface area contributed by atoms with Crippen LogP contribution in [0.15, 0.2) is 36.5 Å². The zero-order valence-electron chi connectivity index (χ0n) is 18.1. The van der Waals surface area contributed by atoms with E-state index < -0.39 is 5.54 Å². The average Bonchev–Trinajstić information content (AvgIpc) is 2.79. The highest BCUT2D eigenvalue weighted by Gasteiger charge is 2.34. The molecule has 0 atom stereocenters. The lowest BCUT2D eigenvalue weighted by Crippen LogP contribution is -2.49. The second-order valence-electron chi connectivity index (χ2n) is 8.52. The molecule has 2 aliphatic heterocycles. The third kappa shape index (κ3) is 4.37. The summed E-state index contributed by atoms with van der Waals surface area (Å²) in [5.74, 6) is 2.83. The fraction of sp³-hybridized carbons (Fsp3) is 0.375. The quantitative estimate of drug-likeness (QED) is 0.699. The number of cyclic esters (lactones) is 1. The number of rotatable bonds is 4. The Balaban J connectivity index is 0.00000306. The summed E-state index contributed by atoms with van der Waals surface area (Å²) in [5, 5.41) is 3.17. The van der Waals surface area contributed by atoms with Crippen LogP contribution in [0, 0.1) is 12.3 Å². The van der Waals surface area contributed by atoms with Crippen LogP contribution in [-0.4, -0.2) is 41.7 Å². The van der Waals surface area contributed by atoms with E-state index in [9.17, 15) is 9.59 Å². The molecule has 2 aliphatic rings. The molecule has 0 aliphatic carbocycles. The number of aromatic nitrogens is 1. The minimum Gasteiger partial charge on any atom is -0.444 e. The predicted octanol–water partition coefficient (Wildman–Crippen LogP) is 4.25. The predicted molar refractivity (Wildman–Crippen MR) is 126 cm³/mol. The first-order valence-corrected chi connectivity index (χ1v) is 10.9. The summed E-state index contributed by atoms with van der Waals surface area (Å²) in [4.78, 5) is 33.2. The Morgan fingerprint density at radius 3 is 2.75 bits per heavy atom. The molecule has 7 nitrogen and oxygen atoms in total. The number of halogens is 1. The van der Waals surface area contributed by atoms with Gasteiger partial charge in [0.2, 0.25) is 0 Å². The number of para-hydroxylation sites is 1. The summed E-state index contributed by atoms with van der Waals surface area (Å²) in [7, 11) is 0. The van der Waals surface area contributed by atoms with Gasteiger partial charge in [-0.3, -0.25) is 9.69 Å². The van der Waals surface area contributed by atoms with E-state index in [-0.39, 0.29) is 19.5 Å². The maximum Gasteiger partial charge on any atom is 0.414 e. The molecule has 0 spiro atoms. The Kier molecular flexibility index (Phi) is 5.98. The van der Waals surface area contributed by atoms with Crippen LogP contribution in [-0.2, 0) is 11.3 Å². The van der Waals surface area contributed by atoms with Crippen molar-refractivity contribution >= 4 is 35.1 Å². The molecular formula is C24H27ClN4O3. The average molecular weight is 455 g/mol. The molecule has 1 N–H and O–H groups in total. The number of fused-ring (bicyclic) bond motifs is 1. The van der Waals surface area contributed by atoms with Gasteiger partial charge < -0.3 is 15.0 Å². The minimum absolute atomic E-state index is 0. The Bertz CT molecular complexity index is 1090. The summed E-state index contributed by atoms with van der Waals surface area (Å²) in [6, 6.07) is 9.48. The molecule has 1 aromatic heterocycles. The van der Waals surface area contributed by atoms with Gasteiger partial charge in [-0.15, -0.1) is 6.42 Å². The van der Waals surface area contributed by atoms with Crippen molar-refractivity contribution in [2.24, 2.45) is 0 Å².